The summed E-state index contributed by atoms with van der Waals surface area (Å²) in [6.07, 6.45) is 119. The first-order chi connectivity index (χ1) is 43.6. The van der Waals surface area contributed by atoms with Crippen LogP contribution < -0.4 is 0 Å². The molecule has 0 rings (SSSR count). The average Bonchev–Trinajstić information content (AvgIpc) is 3.56. The van der Waals surface area contributed by atoms with Crippen LogP contribution in [-0.2, 0) is 19.1 Å². The fraction of sp³-hybridized carbons (Fsp3) is 0.614. The van der Waals surface area contributed by atoms with E-state index in [1.807, 2.05) is 0 Å². The van der Waals surface area contributed by atoms with Crippen molar-refractivity contribution in [1.82, 2.24) is 0 Å². The average molecular weight is 1210 g/mol. The summed E-state index contributed by atoms with van der Waals surface area (Å²) < 4.78 is 10.7. The van der Waals surface area contributed by atoms with Crippen molar-refractivity contribution in [1.29, 1.82) is 0 Å². The standard InChI is InChI=1S/C83H134O5/c1-3-5-7-9-11-13-15-17-19-21-23-25-27-29-31-33-35-37-38-39-40-41-42-43-44-46-47-49-51-53-55-57-59-61-63-65-67-69-71-73-75-77-82(85)87-80-81(79-84)88-83(86)78-76-74-72-70-68-66-64-62-60-58-56-54-52-50-48-45-36-34-32-30-28-26-24-22-20-18-16-14-12-10-8-6-4-2/h5-8,11-14,17-20,23-26,29-32,36,45,50,52,56,58,62,64,68,70,81,84H,3-4,9-10,15-16,21-22,27-28,33-35,37-44,46-49,51,53-55,57,59-61,63,65-67,69,71-80H2,1-2H3/b7-5-,8-6-,13-11-,14-12-,19-17-,20-18-,25-23-,26-24-,31-29-,32-30-,45-36-,52-50-,58-56-,64-62-,70-68-. The van der Waals surface area contributed by atoms with Crippen LogP contribution in [-0.4, -0.2) is 36.4 Å². The first kappa shape index (κ1) is 83.0. The van der Waals surface area contributed by atoms with E-state index in [0.29, 0.717) is 19.3 Å². The van der Waals surface area contributed by atoms with Gasteiger partial charge in [0.15, 0.2) is 6.10 Å². The van der Waals surface area contributed by atoms with Gasteiger partial charge in [0.2, 0.25) is 0 Å². The molecule has 0 aliphatic heterocycles. The van der Waals surface area contributed by atoms with E-state index < -0.39 is 6.10 Å². The lowest BCUT2D eigenvalue weighted by atomic mass is 10.0. The number of rotatable bonds is 65. The maximum atomic E-state index is 12.3. The summed E-state index contributed by atoms with van der Waals surface area (Å²) >= 11 is 0. The fourth-order valence-electron chi connectivity index (χ4n) is 9.85. The minimum atomic E-state index is -0.808. The van der Waals surface area contributed by atoms with Gasteiger partial charge in [0.05, 0.1) is 6.61 Å². The lowest BCUT2D eigenvalue weighted by Crippen LogP contribution is -2.28. The van der Waals surface area contributed by atoms with Crippen LogP contribution in [0.3, 0.4) is 0 Å². The van der Waals surface area contributed by atoms with Crippen LogP contribution in [0.25, 0.3) is 0 Å². The molecule has 0 aromatic rings. The van der Waals surface area contributed by atoms with Crippen LogP contribution in [0, 0.1) is 0 Å². The smallest absolute Gasteiger partial charge is 0.306 e. The van der Waals surface area contributed by atoms with Gasteiger partial charge < -0.3 is 14.6 Å². The van der Waals surface area contributed by atoms with E-state index in [4.69, 9.17) is 9.47 Å². The quantitative estimate of drug-likeness (QED) is 0.0373. The van der Waals surface area contributed by atoms with Gasteiger partial charge in [0, 0.05) is 12.8 Å². The summed E-state index contributed by atoms with van der Waals surface area (Å²) in [5.74, 6) is -0.643. The predicted molar refractivity (Wildman–Crippen MR) is 389 cm³/mol. The topological polar surface area (TPSA) is 72.8 Å². The maximum absolute atomic E-state index is 12.3. The van der Waals surface area contributed by atoms with Gasteiger partial charge in [-0.25, -0.2) is 0 Å². The van der Waals surface area contributed by atoms with E-state index in [0.717, 1.165) is 128 Å². The number of unbranched alkanes of at least 4 members (excludes halogenated alkanes) is 27. The number of ether oxygens (including phenoxy) is 2. The van der Waals surface area contributed by atoms with Gasteiger partial charge in [-0.15, -0.1) is 0 Å². The molecule has 1 atom stereocenters. The third kappa shape index (κ3) is 73.5. The summed E-state index contributed by atoms with van der Waals surface area (Å²) in [4.78, 5) is 24.6. The molecule has 5 heteroatoms. The molecule has 0 aromatic heterocycles. The molecule has 1 unspecified atom stereocenters. The Kier molecular flexibility index (Phi) is 71.9. The molecule has 5 nitrogen and oxygen atoms in total. The number of aliphatic hydroxyl groups is 1. The molecule has 0 saturated heterocycles. The van der Waals surface area contributed by atoms with Crippen LogP contribution in [0.15, 0.2) is 182 Å². The van der Waals surface area contributed by atoms with Crippen molar-refractivity contribution in [3.8, 4) is 0 Å². The molecule has 0 heterocycles. The lowest BCUT2D eigenvalue weighted by Gasteiger charge is -2.15. The van der Waals surface area contributed by atoms with Crippen molar-refractivity contribution < 1.29 is 24.2 Å². The van der Waals surface area contributed by atoms with Crippen LogP contribution in [0.4, 0.5) is 0 Å². The molecule has 0 bridgehead atoms. The molecule has 0 fully saturated rings. The minimum absolute atomic E-state index is 0.0913. The second-order valence-corrected chi connectivity index (χ2v) is 23.6. The first-order valence-electron chi connectivity index (χ1n) is 36.3. The molecule has 0 aromatic carbocycles. The van der Waals surface area contributed by atoms with Crippen molar-refractivity contribution in [2.75, 3.05) is 13.2 Å². The van der Waals surface area contributed by atoms with Gasteiger partial charge in [0.25, 0.3) is 0 Å². The Balaban J connectivity index is 3.54. The zero-order chi connectivity index (χ0) is 63.3. The number of aliphatic hydroxyl groups excluding tert-OH is 1. The Bertz CT molecular complexity index is 1960. The van der Waals surface area contributed by atoms with Gasteiger partial charge >= 0.3 is 11.9 Å². The minimum Gasteiger partial charge on any atom is -0.462 e. The van der Waals surface area contributed by atoms with Gasteiger partial charge in [-0.3, -0.25) is 9.59 Å². The Morgan fingerprint density at radius 2 is 0.455 bits per heavy atom. The van der Waals surface area contributed by atoms with Gasteiger partial charge in [-0.05, 0) is 135 Å². The van der Waals surface area contributed by atoms with Crippen molar-refractivity contribution in [2.45, 2.75) is 315 Å². The fourth-order valence-corrected chi connectivity index (χ4v) is 9.85. The number of hydrogen-bond donors (Lipinski definition) is 1. The first-order valence-corrected chi connectivity index (χ1v) is 36.3. The van der Waals surface area contributed by atoms with E-state index in [1.54, 1.807) is 0 Å². The highest BCUT2D eigenvalue weighted by Gasteiger charge is 2.16. The second kappa shape index (κ2) is 76.2. The zero-order valence-corrected chi connectivity index (χ0v) is 56.9. The molecule has 0 radical (unpaired) electrons. The molecule has 0 aliphatic carbocycles. The molecule has 0 saturated carbocycles. The van der Waals surface area contributed by atoms with E-state index in [2.05, 4.69) is 196 Å². The highest BCUT2D eigenvalue weighted by Crippen LogP contribution is 2.17. The monoisotopic (exact) mass is 1210 g/mol. The maximum Gasteiger partial charge on any atom is 0.306 e. The lowest BCUT2D eigenvalue weighted by molar-refractivity contribution is -0.161. The van der Waals surface area contributed by atoms with Crippen molar-refractivity contribution in [3.05, 3.63) is 182 Å². The Hall–Kier alpha value is -5.00. The third-order valence-corrected chi connectivity index (χ3v) is 15.2. The summed E-state index contributed by atoms with van der Waals surface area (Å²) in [5.41, 5.74) is 0. The molecule has 88 heavy (non-hydrogen) atoms. The van der Waals surface area contributed by atoms with E-state index >= 15 is 0 Å². The van der Waals surface area contributed by atoms with Gasteiger partial charge in [-0.2, -0.15) is 0 Å². The normalized spacial score (nSPS) is 13.4. The molecular formula is C83H134O5. The Morgan fingerprint density at radius 1 is 0.261 bits per heavy atom. The SMILES string of the molecule is CC/C=C\C/C=C\C/C=C\C/C=C\C/C=C\C/C=C\C/C=C\C/C=C\C/C=C\C/C=C\CCCCC(=O)OC(CO)COC(=O)CCCCCCCCCCCCCCCCCCCCCCCCCCC/C=C\C/C=C\C/C=C\C/C=C\C/C=C\CC. The predicted octanol–water partition coefficient (Wildman–Crippen LogP) is 25.8. The highest BCUT2D eigenvalue weighted by atomic mass is 16.6. The molecule has 1 N–H and O–H groups in total. The molecule has 0 aliphatic rings. The highest BCUT2D eigenvalue weighted by molar-refractivity contribution is 5.70. The molecule has 0 amide bonds. The Labute approximate surface area is 544 Å². The number of carbonyl (C=O) groups excluding carboxylic acids is 2. The summed E-state index contributed by atoms with van der Waals surface area (Å²) in [5, 5.41) is 9.70. The van der Waals surface area contributed by atoms with Gasteiger partial charge in [-0.1, -0.05) is 344 Å². The molecule has 0 spiro atoms. The van der Waals surface area contributed by atoms with Crippen molar-refractivity contribution >= 4 is 11.9 Å². The number of esters is 2. The van der Waals surface area contributed by atoms with E-state index in [9.17, 15) is 14.7 Å². The van der Waals surface area contributed by atoms with Crippen LogP contribution in [0.5, 0.6) is 0 Å². The van der Waals surface area contributed by atoms with Crippen molar-refractivity contribution in [3.63, 3.8) is 0 Å². The summed E-state index contributed by atoms with van der Waals surface area (Å²) in [6.45, 7) is 3.89. The summed E-state index contributed by atoms with van der Waals surface area (Å²) in [6, 6.07) is 0. The van der Waals surface area contributed by atoms with E-state index in [-0.39, 0.29) is 25.2 Å². The van der Waals surface area contributed by atoms with Crippen LogP contribution in [0.1, 0.15) is 309 Å². The second-order valence-electron chi connectivity index (χ2n) is 23.6. The molecular weight excluding hydrogens is 1080 g/mol. The summed E-state index contributed by atoms with van der Waals surface area (Å²) in [7, 11) is 0. The number of allylic oxidation sites excluding steroid dienone is 30. The zero-order valence-electron chi connectivity index (χ0n) is 56.9. The van der Waals surface area contributed by atoms with Crippen molar-refractivity contribution in [2.24, 2.45) is 0 Å². The van der Waals surface area contributed by atoms with Crippen LogP contribution in [0.2, 0.25) is 0 Å². The molecule has 496 valence electrons. The van der Waals surface area contributed by atoms with Gasteiger partial charge in [0.1, 0.15) is 6.61 Å². The Morgan fingerprint density at radius 3 is 0.705 bits per heavy atom. The van der Waals surface area contributed by atoms with E-state index in [1.165, 1.54) is 148 Å². The third-order valence-electron chi connectivity index (χ3n) is 15.2. The van der Waals surface area contributed by atoms with Crippen LogP contribution >= 0.6 is 0 Å². The largest absolute Gasteiger partial charge is 0.462 e. The number of hydrogen-bond acceptors (Lipinski definition) is 5. The number of carbonyl (C=O) groups is 2.